The summed E-state index contributed by atoms with van der Waals surface area (Å²) in [6.45, 7) is 5.15. The van der Waals surface area contributed by atoms with E-state index in [2.05, 4.69) is 5.32 Å². The first kappa shape index (κ1) is 35.9. The molecule has 2 heterocycles. The Morgan fingerprint density at radius 3 is 2.12 bits per heavy atom. The van der Waals surface area contributed by atoms with E-state index < -0.39 is 35.9 Å². The molecule has 1 amide bonds. The van der Waals surface area contributed by atoms with E-state index in [9.17, 15) is 19.2 Å². The van der Waals surface area contributed by atoms with Gasteiger partial charge in [0.1, 0.15) is 23.2 Å². The van der Waals surface area contributed by atoms with Crippen LogP contribution >= 0.6 is 0 Å². The van der Waals surface area contributed by atoms with Crippen LogP contribution in [0.2, 0.25) is 0 Å². The molecule has 0 radical (unpaired) electrons. The average Bonchev–Trinajstić information content (AvgIpc) is 3.70. The van der Waals surface area contributed by atoms with Crippen molar-refractivity contribution in [3.63, 3.8) is 0 Å². The molecule has 0 saturated carbocycles. The Hall–Kier alpha value is -5.38. The molecule has 1 saturated heterocycles. The van der Waals surface area contributed by atoms with Crippen LogP contribution in [0.15, 0.2) is 60.7 Å². The highest BCUT2D eigenvalue weighted by Crippen LogP contribution is 2.39. The third kappa shape index (κ3) is 8.99. The van der Waals surface area contributed by atoms with E-state index in [1.807, 2.05) is 0 Å². The van der Waals surface area contributed by atoms with Crippen LogP contribution in [0.1, 0.15) is 63.8 Å². The Labute approximate surface area is 288 Å². The van der Waals surface area contributed by atoms with Crippen molar-refractivity contribution in [2.24, 2.45) is 0 Å². The summed E-state index contributed by atoms with van der Waals surface area (Å²) in [7, 11) is 2.95. The Morgan fingerprint density at radius 2 is 1.46 bits per heavy atom. The Kier molecular flexibility index (Phi) is 11.4. The summed E-state index contributed by atoms with van der Waals surface area (Å²) >= 11 is 0. The first-order valence-corrected chi connectivity index (χ1v) is 15.6. The van der Waals surface area contributed by atoms with Crippen molar-refractivity contribution in [3.05, 3.63) is 82.9 Å². The van der Waals surface area contributed by atoms with Gasteiger partial charge in [-0.2, -0.15) is 0 Å². The molecule has 1 N–H and O–H groups in total. The van der Waals surface area contributed by atoms with Gasteiger partial charge < -0.3 is 48.0 Å². The zero-order valence-corrected chi connectivity index (χ0v) is 28.2. The minimum Gasteiger partial charge on any atom is -0.468 e. The molecule has 0 aromatic heterocycles. The minimum absolute atomic E-state index is 0.0156. The number of benzene rings is 3. The predicted molar refractivity (Wildman–Crippen MR) is 173 cm³/mol. The summed E-state index contributed by atoms with van der Waals surface area (Å²) in [5.41, 5.74) is 0.0782. The summed E-state index contributed by atoms with van der Waals surface area (Å²) in [6.07, 6.45) is -2.75. The van der Waals surface area contributed by atoms with Gasteiger partial charge in [-0.05, 0) is 63.2 Å². The van der Waals surface area contributed by atoms with E-state index in [0.29, 0.717) is 17.2 Å². The Bertz CT molecular complexity index is 1690. The second-order valence-corrected chi connectivity index (χ2v) is 12.1. The maximum absolute atomic E-state index is 13.5. The molecule has 3 aromatic carbocycles. The summed E-state index contributed by atoms with van der Waals surface area (Å²) in [6, 6.07) is 15.2. The van der Waals surface area contributed by atoms with Gasteiger partial charge in [0.15, 0.2) is 37.0 Å². The van der Waals surface area contributed by atoms with Crippen molar-refractivity contribution in [3.8, 4) is 23.0 Å². The highest BCUT2D eigenvalue weighted by atomic mass is 16.8. The largest absolute Gasteiger partial charge is 0.528 e. The van der Waals surface area contributed by atoms with Crippen LogP contribution in [0.25, 0.3) is 0 Å². The first-order chi connectivity index (χ1) is 24.0. The van der Waals surface area contributed by atoms with Crippen LogP contribution in [-0.2, 0) is 23.8 Å². The Balaban J connectivity index is 1.30. The number of ether oxygens (including phenoxy) is 8. The molecular weight excluding hydrogens is 656 g/mol. The number of rotatable bonds is 13. The number of methoxy groups -OCH3 is 2. The number of amides is 1. The lowest BCUT2D eigenvalue weighted by Crippen LogP contribution is -2.51. The van der Waals surface area contributed by atoms with Gasteiger partial charge in [0.25, 0.3) is 5.91 Å². The number of hydrogen-bond donors (Lipinski definition) is 1. The SMILES string of the molecule is COCOc1ccc(C(=O)NC2C(OC(=O)c3ccc(C(=O)c4cc5c(cc4OCOC)OCO5)cc3)CCN2OC(=O)OC(C)(C)C)cc1. The number of hydroxylamine groups is 2. The van der Waals surface area contributed by atoms with Crippen molar-refractivity contribution in [1.82, 2.24) is 10.4 Å². The maximum atomic E-state index is 13.5. The predicted octanol–water partition coefficient (Wildman–Crippen LogP) is 4.47. The van der Waals surface area contributed by atoms with E-state index in [-0.39, 0.29) is 67.1 Å². The van der Waals surface area contributed by atoms with Crippen LogP contribution in [0.5, 0.6) is 23.0 Å². The van der Waals surface area contributed by atoms with Gasteiger partial charge in [0, 0.05) is 44.4 Å². The molecule has 2 aliphatic rings. The standard InChI is InChI=1S/C35H38N2O13/c1-35(2,3)49-34(41)50-37-15-14-26(31(37)36-32(39)22-10-12-24(13-11-22)44-18-42-4)48-33(40)23-8-6-21(7-9-23)30(38)25-16-28-29(47-20-46-28)17-27(25)45-19-43-5/h6-13,16-17,26,31H,14-15,18-20H2,1-5H3,(H,36,39). The van der Waals surface area contributed by atoms with Crippen LogP contribution in [0.3, 0.4) is 0 Å². The number of esters is 1. The number of nitrogens with zero attached hydrogens (tertiary/aromatic N) is 1. The lowest BCUT2D eigenvalue weighted by Gasteiger charge is -2.28. The fraction of sp³-hybridized carbons (Fsp3) is 0.371. The fourth-order valence-electron chi connectivity index (χ4n) is 5.00. The number of carbonyl (C=O) groups excluding carboxylic acids is 4. The van der Waals surface area contributed by atoms with Crippen molar-refractivity contribution in [1.29, 1.82) is 0 Å². The lowest BCUT2D eigenvalue weighted by atomic mass is 10.0. The van der Waals surface area contributed by atoms with Gasteiger partial charge in [-0.3, -0.25) is 9.59 Å². The second kappa shape index (κ2) is 15.9. The van der Waals surface area contributed by atoms with Crippen LogP contribution in [0, 0.1) is 0 Å². The van der Waals surface area contributed by atoms with E-state index >= 15 is 0 Å². The minimum atomic E-state index is -1.05. The summed E-state index contributed by atoms with van der Waals surface area (Å²) in [5.74, 6) is -0.0570. The summed E-state index contributed by atoms with van der Waals surface area (Å²) in [4.78, 5) is 58.0. The highest BCUT2D eigenvalue weighted by Gasteiger charge is 2.41. The van der Waals surface area contributed by atoms with Gasteiger partial charge in [-0.1, -0.05) is 12.1 Å². The third-order valence-electron chi connectivity index (χ3n) is 7.31. The summed E-state index contributed by atoms with van der Waals surface area (Å²) in [5, 5.41) is 3.99. The molecule has 15 heteroatoms. The quantitative estimate of drug-likeness (QED) is 0.151. The average molecular weight is 695 g/mol. The van der Waals surface area contributed by atoms with Crippen LogP contribution in [-0.4, -0.2) is 87.9 Å². The highest BCUT2D eigenvalue weighted by molar-refractivity contribution is 6.11. The zero-order valence-electron chi connectivity index (χ0n) is 28.2. The molecule has 266 valence electrons. The van der Waals surface area contributed by atoms with Crippen molar-refractivity contribution in [2.45, 2.75) is 45.1 Å². The van der Waals surface area contributed by atoms with E-state index in [1.165, 1.54) is 49.6 Å². The molecular formula is C35H38N2O13. The molecule has 5 rings (SSSR count). The topological polar surface area (TPSA) is 167 Å². The molecule has 15 nitrogen and oxygen atoms in total. The Morgan fingerprint density at radius 1 is 0.840 bits per heavy atom. The second-order valence-electron chi connectivity index (χ2n) is 12.1. The molecule has 1 fully saturated rings. The van der Waals surface area contributed by atoms with Gasteiger partial charge >= 0.3 is 12.1 Å². The molecule has 0 spiro atoms. The number of hydrogen-bond acceptors (Lipinski definition) is 14. The maximum Gasteiger partial charge on any atom is 0.528 e. The van der Waals surface area contributed by atoms with E-state index in [1.54, 1.807) is 51.1 Å². The van der Waals surface area contributed by atoms with Crippen molar-refractivity contribution < 1.29 is 61.9 Å². The summed E-state index contributed by atoms with van der Waals surface area (Å²) < 4.78 is 42.8. The van der Waals surface area contributed by atoms with Crippen molar-refractivity contribution >= 4 is 23.8 Å². The molecule has 50 heavy (non-hydrogen) atoms. The first-order valence-electron chi connectivity index (χ1n) is 15.6. The molecule has 2 atom stereocenters. The number of nitrogens with one attached hydrogen (secondary N) is 1. The molecule has 0 aliphatic carbocycles. The molecule has 3 aromatic rings. The third-order valence-corrected chi connectivity index (χ3v) is 7.31. The van der Waals surface area contributed by atoms with Crippen LogP contribution in [0.4, 0.5) is 4.79 Å². The smallest absolute Gasteiger partial charge is 0.468 e. The molecule has 2 unspecified atom stereocenters. The zero-order chi connectivity index (χ0) is 35.8. The number of ketones is 1. The van der Waals surface area contributed by atoms with Crippen molar-refractivity contribution in [2.75, 3.05) is 41.1 Å². The monoisotopic (exact) mass is 694 g/mol. The molecule has 2 aliphatic heterocycles. The van der Waals surface area contributed by atoms with Gasteiger partial charge in [0.2, 0.25) is 6.79 Å². The number of carbonyl (C=O) groups is 4. The van der Waals surface area contributed by atoms with E-state index in [0.717, 1.165) is 0 Å². The van der Waals surface area contributed by atoms with Gasteiger partial charge in [0.05, 0.1) is 11.1 Å². The van der Waals surface area contributed by atoms with Gasteiger partial charge in [-0.15, -0.1) is 5.06 Å². The molecule has 0 bridgehead atoms. The van der Waals surface area contributed by atoms with E-state index in [4.69, 9.17) is 42.7 Å². The normalized spacial score (nSPS) is 16.7. The lowest BCUT2D eigenvalue weighted by molar-refractivity contribution is -0.162. The fourth-order valence-corrected chi connectivity index (χ4v) is 5.00. The number of fused-ring (bicyclic) bond motifs is 1. The van der Waals surface area contributed by atoms with Gasteiger partial charge in [-0.25, -0.2) is 9.59 Å². The van der Waals surface area contributed by atoms with Crippen LogP contribution < -0.4 is 24.3 Å².